The summed E-state index contributed by atoms with van der Waals surface area (Å²) >= 11 is 0. The fourth-order valence-electron chi connectivity index (χ4n) is 3.29. The molecule has 4 heteroatoms. The third-order valence-electron chi connectivity index (χ3n) is 4.51. The summed E-state index contributed by atoms with van der Waals surface area (Å²) in [5.74, 6) is 0. The topological polar surface area (TPSA) is 24.9 Å². The predicted molar refractivity (Wildman–Crippen MR) is 88.5 cm³/mol. The minimum atomic E-state index is 0.185. The second kappa shape index (κ2) is 6.81. The third kappa shape index (κ3) is 3.46. The molecule has 0 radical (unpaired) electrons. The van der Waals surface area contributed by atoms with Gasteiger partial charge in [0.2, 0.25) is 0 Å². The molecule has 0 aromatic heterocycles. The number of hydrogen-bond acceptors (Lipinski definition) is 4. The van der Waals surface area contributed by atoms with E-state index >= 15 is 0 Å². The van der Waals surface area contributed by atoms with Crippen molar-refractivity contribution in [2.24, 2.45) is 0 Å². The molecule has 23 heavy (non-hydrogen) atoms. The standard InChI is InChI=1S/C19H22N2O2/c1-3-7-16(8-4-1)18-11-20(14-22-18)13-21-12-19(23-15-21)17-9-5-2-6-10-17/h1-10,18-19H,11-15H2/t18-,19-/m1/s1. The Bertz CT molecular complexity index is 564. The lowest BCUT2D eigenvalue weighted by Crippen LogP contribution is -2.35. The SMILES string of the molecule is c1ccc([C@H]2CN(CN3CO[C@@H](c4ccccc4)C3)CO2)cc1. The fraction of sp³-hybridized carbons (Fsp3) is 0.368. The molecule has 4 nitrogen and oxygen atoms in total. The van der Waals surface area contributed by atoms with Crippen molar-refractivity contribution in [1.82, 2.24) is 9.80 Å². The number of nitrogens with zero attached hydrogens (tertiary/aromatic N) is 2. The molecule has 2 fully saturated rings. The molecule has 2 aliphatic rings. The summed E-state index contributed by atoms with van der Waals surface area (Å²) < 4.78 is 11.9. The van der Waals surface area contributed by atoms with E-state index in [2.05, 4.69) is 58.3 Å². The summed E-state index contributed by atoms with van der Waals surface area (Å²) in [7, 11) is 0. The Morgan fingerprint density at radius 1 is 0.696 bits per heavy atom. The van der Waals surface area contributed by atoms with Crippen LogP contribution >= 0.6 is 0 Å². The van der Waals surface area contributed by atoms with Gasteiger partial charge in [0.1, 0.15) is 13.5 Å². The van der Waals surface area contributed by atoms with E-state index < -0.39 is 0 Å². The minimum absolute atomic E-state index is 0.185. The molecule has 2 saturated heterocycles. The second-order valence-corrected chi connectivity index (χ2v) is 6.24. The van der Waals surface area contributed by atoms with Crippen LogP contribution < -0.4 is 0 Å². The van der Waals surface area contributed by atoms with Crippen LogP contribution in [0.15, 0.2) is 60.7 Å². The van der Waals surface area contributed by atoms with E-state index in [0.29, 0.717) is 13.5 Å². The molecule has 0 spiro atoms. The molecule has 0 N–H and O–H groups in total. The summed E-state index contributed by atoms with van der Waals surface area (Å²) in [5.41, 5.74) is 2.52. The highest BCUT2D eigenvalue weighted by molar-refractivity contribution is 5.19. The van der Waals surface area contributed by atoms with E-state index in [0.717, 1.165) is 19.8 Å². The quantitative estimate of drug-likeness (QED) is 0.867. The Kier molecular flexibility index (Phi) is 4.39. The lowest BCUT2D eigenvalue weighted by molar-refractivity contribution is 0.0503. The maximum absolute atomic E-state index is 5.93. The van der Waals surface area contributed by atoms with Crippen molar-refractivity contribution in [2.75, 3.05) is 33.2 Å². The highest BCUT2D eigenvalue weighted by atomic mass is 16.5. The lowest BCUT2D eigenvalue weighted by atomic mass is 10.1. The Balaban J connectivity index is 1.30. The first-order chi connectivity index (χ1) is 11.4. The highest BCUT2D eigenvalue weighted by Crippen LogP contribution is 2.27. The number of rotatable bonds is 4. The Morgan fingerprint density at radius 2 is 1.13 bits per heavy atom. The first-order valence-corrected chi connectivity index (χ1v) is 8.16. The van der Waals surface area contributed by atoms with Crippen LogP contribution in [-0.2, 0) is 9.47 Å². The van der Waals surface area contributed by atoms with Gasteiger partial charge in [0.05, 0.1) is 18.9 Å². The van der Waals surface area contributed by atoms with Gasteiger partial charge in [-0.2, -0.15) is 0 Å². The average Bonchev–Trinajstić information content (AvgIpc) is 3.27. The largest absolute Gasteiger partial charge is 0.357 e. The van der Waals surface area contributed by atoms with Crippen molar-refractivity contribution in [3.63, 3.8) is 0 Å². The van der Waals surface area contributed by atoms with Gasteiger partial charge in [-0.1, -0.05) is 60.7 Å². The average molecular weight is 310 g/mol. The van der Waals surface area contributed by atoms with Crippen molar-refractivity contribution < 1.29 is 9.47 Å². The normalized spacial score (nSPS) is 25.9. The molecule has 0 amide bonds. The molecular formula is C19H22N2O2. The molecule has 2 aromatic carbocycles. The Morgan fingerprint density at radius 3 is 1.57 bits per heavy atom. The summed E-state index contributed by atoms with van der Waals surface area (Å²) in [6, 6.07) is 20.9. The molecular weight excluding hydrogens is 288 g/mol. The maximum atomic E-state index is 5.93. The number of ether oxygens (including phenoxy) is 2. The van der Waals surface area contributed by atoms with Crippen molar-refractivity contribution in [1.29, 1.82) is 0 Å². The number of hydrogen-bond donors (Lipinski definition) is 0. The van der Waals surface area contributed by atoms with Gasteiger partial charge in [-0.05, 0) is 11.1 Å². The molecule has 120 valence electrons. The fourth-order valence-corrected chi connectivity index (χ4v) is 3.29. The van der Waals surface area contributed by atoms with Crippen LogP contribution in [0.2, 0.25) is 0 Å². The Labute approximate surface area is 137 Å². The Hall–Kier alpha value is -1.72. The third-order valence-corrected chi connectivity index (χ3v) is 4.51. The molecule has 2 heterocycles. The van der Waals surface area contributed by atoms with Gasteiger partial charge in [0.25, 0.3) is 0 Å². The molecule has 0 bridgehead atoms. The second-order valence-electron chi connectivity index (χ2n) is 6.24. The highest BCUT2D eigenvalue weighted by Gasteiger charge is 2.29. The maximum Gasteiger partial charge on any atom is 0.101 e. The summed E-state index contributed by atoms with van der Waals surface area (Å²) in [6.07, 6.45) is 0.370. The van der Waals surface area contributed by atoms with Crippen LogP contribution in [-0.4, -0.2) is 43.0 Å². The van der Waals surface area contributed by atoms with Crippen LogP contribution in [0.1, 0.15) is 23.3 Å². The summed E-state index contributed by atoms with van der Waals surface area (Å²) in [4.78, 5) is 4.68. The molecule has 2 aromatic rings. The monoisotopic (exact) mass is 310 g/mol. The summed E-state index contributed by atoms with van der Waals surface area (Å²) in [5, 5.41) is 0. The van der Waals surface area contributed by atoms with Crippen LogP contribution in [0.25, 0.3) is 0 Å². The zero-order valence-electron chi connectivity index (χ0n) is 13.2. The van der Waals surface area contributed by atoms with E-state index in [1.54, 1.807) is 0 Å². The minimum Gasteiger partial charge on any atom is -0.357 e. The summed E-state index contributed by atoms with van der Waals surface area (Å²) in [6.45, 7) is 4.15. The van der Waals surface area contributed by atoms with Crippen molar-refractivity contribution >= 4 is 0 Å². The zero-order chi connectivity index (χ0) is 15.5. The smallest absolute Gasteiger partial charge is 0.101 e. The van der Waals surface area contributed by atoms with Crippen LogP contribution in [0.4, 0.5) is 0 Å². The van der Waals surface area contributed by atoms with E-state index in [4.69, 9.17) is 9.47 Å². The van der Waals surface area contributed by atoms with Gasteiger partial charge in [0, 0.05) is 13.1 Å². The van der Waals surface area contributed by atoms with E-state index in [1.807, 2.05) is 12.1 Å². The van der Waals surface area contributed by atoms with Gasteiger partial charge >= 0.3 is 0 Å². The van der Waals surface area contributed by atoms with Crippen LogP contribution in [0, 0.1) is 0 Å². The van der Waals surface area contributed by atoms with Gasteiger partial charge < -0.3 is 9.47 Å². The molecule has 4 rings (SSSR count). The van der Waals surface area contributed by atoms with E-state index in [9.17, 15) is 0 Å². The first-order valence-electron chi connectivity index (χ1n) is 8.16. The van der Waals surface area contributed by atoms with Crippen LogP contribution in [0.5, 0.6) is 0 Å². The van der Waals surface area contributed by atoms with Crippen molar-refractivity contribution in [3.05, 3.63) is 71.8 Å². The van der Waals surface area contributed by atoms with Gasteiger partial charge in [-0.15, -0.1) is 0 Å². The van der Waals surface area contributed by atoms with Crippen molar-refractivity contribution in [2.45, 2.75) is 12.2 Å². The number of benzene rings is 2. The van der Waals surface area contributed by atoms with Gasteiger partial charge in [0.15, 0.2) is 0 Å². The van der Waals surface area contributed by atoms with Gasteiger partial charge in [-0.3, -0.25) is 9.80 Å². The van der Waals surface area contributed by atoms with E-state index in [1.165, 1.54) is 11.1 Å². The predicted octanol–water partition coefficient (Wildman–Crippen LogP) is 3.01. The molecule has 2 atom stereocenters. The van der Waals surface area contributed by atoms with E-state index in [-0.39, 0.29) is 12.2 Å². The van der Waals surface area contributed by atoms with Crippen LogP contribution in [0.3, 0.4) is 0 Å². The van der Waals surface area contributed by atoms with Crippen molar-refractivity contribution in [3.8, 4) is 0 Å². The molecule has 2 aliphatic heterocycles. The molecule has 0 unspecified atom stereocenters. The molecule has 0 aliphatic carbocycles. The zero-order valence-corrected chi connectivity index (χ0v) is 13.2. The lowest BCUT2D eigenvalue weighted by Gasteiger charge is -2.21. The first kappa shape index (κ1) is 14.8. The van der Waals surface area contributed by atoms with Gasteiger partial charge in [-0.25, -0.2) is 0 Å². The molecule has 0 saturated carbocycles.